The van der Waals surface area contributed by atoms with E-state index in [2.05, 4.69) is 17.3 Å². The molecule has 1 amide bonds. The normalized spacial score (nSPS) is 10.2. The number of aryl methyl sites for hydroxylation is 1. The minimum Gasteiger partial charge on any atom is -0.352 e. The third kappa shape index (κ3) is 2.58. The average Bonchev–Trinajstić information content (AvgIpc) is 2.46. The third-order valence-electron chi connectivity index (χ3n) is 2.17. The lowest BCUT2D eigenvalue weighted by Gasteiger charge is -2.03. The summed E-state index contributed by atoms with van der Waals surface area (Å²) in [7, 11) is 0. The van der Waals surface area contributed by atoms with Crippen LogP contribution in [-0.2, 0) is 17.9 Å². The highest BCUT2D eigenvalue weighted by Gasteiger charge is 2.05. The van der Waals surface area contributed by atoms with Gasteiger partial charge in [0.1, 0.15) is 0 Å². The zero-order chi connectivity index (χ0) is 10.6. The molecule has 0 aliphatic carbocycles. The van der Waals surface area contributed by atoms with Crippen LogP contribution in [0.15, 0.2) is 6.20 Å². The van der Waals surface area contributed by atoms with Gasteiger partial charge in [0.15, 0.2) is 0 Å². The van der Waals surface area contributed by atoms with Crippen LogP contribution < -0.4 is 5.32 Å². The lowest BCUT2D eigenvalue weighted by atomic mass is 10.2. The van der Waals surface area contributed by atoms with Crippen molar-refractivity contribution in [2.45, 2.75) is 40.3 Å². The molecular formula is C10H17N3O. The van der Waals surface area contributed by atoms with Gasteiger partial charge in [-0.15, -0.1) is 0 Å². The lowest BCUT2D eigenvalue weighted by Crippen LogP contribution is -2.19. The lowest BCUT2D eigenvalue weighted by molar-refractivity contribution is -0.119. The predicted molar refractivity (Wildman–Crippen MR) is 54.8 cm³/mol. The van der Waals surface area contributed by atoms with Gasteiger partial charge in [-0.25, -0.2) is 0 Å². The summed E-state index contributed by atoms with van der Waals surface area (Å²) in [5.41, 5.74) is 2.23. The van der Waals surface area contributed by atoms with Gasteiger partial charge < -0.3 is 5.32 Å². The number of hydrogen-bond acceptors (Lipinski definition) is 2. The Morgan fingerprint density at radius 3 is 2.93 bits per heavy atom. The number of aromatic nitrogens is 2. The van der Waals surface area contributed by atoms with E-state index in [9.17, 15) is 4.79 Å². The first-order valence-electron chi connectivity index (χ1n) is 4.91. The molecule has 0 saturated heterocycles. The first-order valence-corrected chi connectivity index (χ1v) is 4.91. The Hall–Kier alpha value is -1.32. The van der Waals surface area contributed by atoms with E-state index in [0.29, 0.717) is 6.54 Å². The van der Waals surface area contributed by atoms with Gasteiger partial charge in [0.25, 0.3) is 0 Å². The van der Waals surface area contributed by atoms with Crippen molar-refractivity contribution in [2.75, 3.05) is 0 Å². The molecule has 0 aliphatic heterocycles. The van der Waals surface area contributed by atoms with Crippen molar-refractivity contribution in [2.24, 2.45) is 0 Å². The molecule has 0 atom stereocenters. The number of carbonyl (C=O) groups is 1. The summed E-state index contributed by atoms with van der Waals surface area (Å²) in [6, 6.07) is 0. The van der Waals surface area contributed by atoms with Crippen molar-refractivity contribution < 1.29 is 4.79 Å². The van der Waals surface area contributed by atoms with Crippen LogP contribution in [0, 0.1) is 6.92 Å². The van der Waals surface area contributed by atoms with E-state index in [1.165, 1.54) is 6.92 Å². The second-order valence-corrected chi connectivity index (χ2v) is 3.39. The van der Waals surface area contributed by atoms with Crippen molar-refractivity contribution in [3.8, 4) is 0 Å². The van der Waals surface area contributed by atoms with Gasteiger partial charge >= 0.3 is 0 Å². The van der Waals surface area contributed by atoms with E-state index in [4.69, 9.17) is 0 Å². The maximum Gasteiger partial charge on any atom is 0.217 e. The number of nitrogens with zero attached hydrogens (tertiary/aromatic N) is 2. The number of amides is 1. The second-order valence-electron chi connectivity index (χ2n) is 3.39. The Morgan fingerprint density at radius 1 is 1.64 bits per heavy atom. The maximum absolute atomic E-state index is 10.7. The van der Waals surface area contributed by atoms with Gasteiger partial charge in [0.2, 0.25) is 5.91 Å². The third-order valence-corrected chi connectivity index (χ3v) is 2.17. The molecule has 0 radical (unpaired) electrons. The van der Waals surface area contributed by atoms with E-state index >= 15 is 0 Å². The van der Waals surface area contributed by atoms with Crippen LogP contribution in [-0.4, -0.2) is 15.7 Å². The molecule has 0 aliphatic rings. The van der Waals surface area contributed by atoms with Crippen molar-refractivity contribution in [1.82, 2.24) is 15.1 Å². The van der Waals surface area contributed by atoms with Crippen LogP contribution in [0.4, 0.5) is 0 Å². The molecule has 0 aromatic carbocycles. The number of hydrogen-bond donors (Lipinski definition) is 1. The van der Waals surface area contributed by atoms with Crippen molar-refractivity contribution in [3.05, 3.63) is 17.5 Å². The largest absolute Gasteiger partial charge is 0.352 e. The molecular weight excluding hydrogens is 178 g/mol. The number of rotatable bonds is 4. The van der Waals surface area contributed by atoms with E-state index in [1.54, 1.807) is 0 Å². The first-order chi connectivity index (χ1) is 6.65. The van der Waals surface area contributed by atoms with Crippen LogP contribution >= 0.6 is 0 Å². The van der Waals surface area contributed by atoms with Gasteiger partial charge in [-0.05, 0) is 13.3 Å². The summed E-state index contributed by atoms with van der Waals surface area (Å²) >= 11 is 0. The average molecular weight is 195 g/mol. The molecule has 78 valence electrons. The molecule has 0 bridgehead atoms. The first kappa shape index (κ1) is 10.8. The molecule has 0 unspecified atom stereocenters. The maximum atomic E-state index is 10.7. The minimum atomic E-state index is -0.00681. The summed E-state index contributed by atoms with van der Waals surface area (Å²) in [5.74, 6) is -0.00681. The molecule has 1 rings (SSSR count). The standard InChI is InChI=1S/C10H17N3O/c1-4-5-13-8(2)10(7-12-13)6-11-9(3)14/h7H,4-6H2,1-3H3,(H,11,14). The molecule has 1 N–H and O–H groups in total. The molecule has 0 saturated carbocycles. The highest BCUT2D eigenvalue weighted by Crippen LogP contribution is 2.07. The van der Waals surface area contributed by atoms with Gasteiger partial charge in [0.05, 0.1) is 6.20 Å². The fourth-order valence-corrected chi connectivity index (χ4v) is 1.32. The zero-order valence-corrected chi connectivity index (χ0v) is 9.00. The van der Waals surface area contributed by atoms with Gasteiger partial charge in [-0.3, -0.25) is 9.48 Å². The van der Waals surface area contributed by atoms with Crippen LogP contribution in [0.2, 0.25) is 0 Å². The molecule has 1 heterocycles. The van der Waals surface area contributed by atoms with Crippen LogP contribution in [0.3, 0.4) is 0 Å². The predicted octanol–water partition coefficient (Wildman–Crippen LogP) is 1.24. The van der Waals surface area contributed by atoms with E-state index < -0.39 is 0 Å². The zero-order valence-electron chi connectivity index (χ0n) is 9.00. The van der Waals surface area contributed by atoms with Crippen LogP contribution in [0.1, 0.15) is 31.5 Å². The molecule has 0 spiro atoms. The highest BCUT2D eigenvalue weighted by molar-refractivity contribution is 5.72. The van der Waals surface area contributed by atoms with E-state index in [0.717, 1.165) is 24.2 Å². The van der Waals surface area contributed by atoms with E-state index in [-0.39, 0.29) is 5.91 Å². The molecule has 1 aromatic rings. The van der Waals surface area contributed by atoms with Crippen LogP contribution in [0.25, 0.3) is 0 Å². The van der Waals surface area contributed by atoms with Crippen molar-refractivity contribution in [3.63, 3.8) is 0 Å². The summed E-state index contributed by atoms with van der Waals surface area (Å²) in [6.45, 7) is 7.18. The minimum absolute atomic E-state index is 0.00681. The quantitative estimate of drug-likeness (QED) is 0.785. The van der Waals surface area contributed by atoms with Crippen molar-refractivity contribution in [1.29, 1.82) is 0 Å². The fourth-order valence-electron chi connectivity index (χ4n) is 1.32. The van der Waals surface area contributed by atoms with Gasteiger partial charge in [-0.1, -0.05) is 6.92 Å². The number of nitrogens with one attached hydrogen (secondary N) is 1. The highest BCUT2D eigenvalue weighted by atomic mass is 16.1. The Morgan fingerprint density at radius 2 is 2.36 bits per heavy atom. The monoisotopic (exact) mass is 195 g/mol. The molecule has 4 heteroatoms. The van der Waals surface area contributed by atoms with Crippen molar-refractivity contribution >= 4 is 5.91 Å². The molecule has 1 aromatic heterocycles. The topological polar surface area (TPSA) is 46.9 Å². The SMILES string of the molecule is CCCn1ncc(CNC(C)=O)c1C. The Kier molecular flexibility index (Phi) is 3.68. The second kappa shape index (κ2) is 4.79. The molecule has 0 fully saturated rings. The Bertz CT molecular complexity index is 317. The Labute approximate surface area is 84.3 Å². The summed E-state index contributed by atoms with van der Waals surface area (Å²) in [6.07, 6.45) is 2.89. The smallest absolute Gasteiger partial charge is 0.217 e. The summed E-state index contributed by atoms with van der Waals surface area (Å²) in [5, 5.41) is 7.01. The molecule has 14 heavy (non-hydrogen) atoms. The Balaban J connectivity index is 2.64. The van der Waals surface area contributed by atoms with Gasteiger partial charge in [0, 0.05) is 31.3 Å². The summed E-state index contributed by atoms with van der Waals surface area (Å²) in [4.78, 5) is 10.7. The summed E-state index contributed by atoms with van der Waals surface area (Å²) < 4.78 is 1.97. The fraction of sp³-hybridized carbons (Fsp3) is 0.600. The van der Waals surface area contributed by atoms with Gasteiger partial charge in [-0.2, -0.15) is 5.10 Å². The van der Waals surface area contributed by atoms with Crippen LogP contribution in [0.5, 0.6) is 0 Å². The number of carbonyl (C=O) groups excluding carboxylic acids is 1. The molecule has 4 nitrogen and oxygen atoms in total. The van der Waals surface area contributed by atoms with E-state index in [1.807, 2.05) is 17.8 Å².